The summed E-state index contributed by atoms with van der Waals surface area (Å²) < 4.78 is 0. The molecule has 0 unspecified atom stereocenters. The molecule has 0 saturated heterocycles. The van der Waals surface area contributed by atoms with Crippen molar-refractivity contribution in [3.63, 3.8) is 0 Å². The third-order valence-electron chi connectivity index (χ3n) is 2.54. The minimum atomic E-state index is -0.799. The van der Waals surface area contributed by atoms with Gasteiger partial charge in [0, 0.05) is 5.56 Å². The summed E-state index contributed by atoms with van der Waals surface area (Å²) in [5, 5.41) is 9.29. The first-order valence-corrected chi connectivity index (χ1v) is 5.27. The molecule has 1 aromatic rings. The average Bonchev–Trinajstić information content (AvgIpc) is 2.16. The van der Waals surface area contributed by atoms with Crippen molar-refractivity contribution < 1.29 is 9.90 Å². The number of fused-ring (bicyclic) bond motifs is 1. The van der Waals surface area contributed by atoms with Crippen LogP contribution in [0, 0.1) is 5.92 Å². The Morgan fingerprint density at radius 1 is 1.40 bits per heavy atom. The lowest BCUT2D eigenvalue weighted by atomic mass is 9.87. The van der Waals surface area contributed by atoms with E-state index < -0.39 is 5.97 Å². The third kappa shape index (κ3) is 2.06. The van der Waals surface area contributed by atoms with E-state index in [9.17, 15) is 4.79 Å². The molecule has 0 aromatic carbocycles. The average molecular weight is 247 g/mol. The van der Waals surface area contributed by atoms with Gasteiger partial charge in [0.15, 0.2) is 0 Å². The Labute approximate surface area is 96.3 Å². The van der Waals surface area contributed by atoms with Gasteiger partial charge >= 0.3 is 5.97 Å². The fourth-order valence-electron chi connectivity index (χ4n) is 1.75. The quantitative estimate of drug-likeness (QED) is 0.608. The smallest absolute Gasteiger partial charge is 0.306 e. The number of aryl methyl sites for hydroxylation is 1. The molecule has 1 aliphatic rings. The molecule has 80 valence electrons. The number of hydrogen-bond acceptors (Lipinski definition) is 3. The maximum absolute atomic E-state index is 10.8. The van der Waals surface area contributed by atoms with Gasteiger partial charge in [-0.05, 0) is 30.9 Å². The number of rotatable bonds is 1. The minimum absolute atomic E-state index is 0.118. The van der Waals surface area contributed by atoms with Crippen molar-refractivity contribution >= 4 is 29.2 Å². The molecule has 1 aliphatic carbocycles. The molecule has 6 heteroatoms. The zero-order chi connectivity index (χ0) is 11.0. The van der Waals surface area contributed by atoms with E-state index in [0.29, 0.717) is 19.3 Å². The van der Waals surface area contributed by atoms with Crippen LogP contribution in [-0.2, 0) is 17.6 Å². The summed E-state index contributed by atoms with van der Waals surface area (Å²) in [7, 11) is 0. The van der Waals surface area contributed by atoms with Crippen molar-refractivity contribution in [3.8, 4) is 0 Å². The topological polar surface area (TPSA) is 63.1 Å². The van der Waals surface area contributed by atoms with Crippen LogP contribution >= 0.6 is 23.2 Å². The third-order valence-corrected chi connectivity index (χ3v) is 3.03. The molecule has 1 heterocycles. The normalized spacial score (nSPS) is 19.7. The first-order chi connectivity index (χ1) is 7.08. The van der Waals surface area contributed by atoms with Crippen LogP contribution in [0.3, 0.4) is 0 Å². The molecule has 0 fully saturated rings. The van der Waals surface area contributed by atoms with Gasteiger partial charge in [-0.3, -0.25) is 4.79 Å². The molecular weight excluding hydrogens is 239 g/mol. The molecular formula is C9H8Cl2N2O2. The first-order valence-electron chi connectivity index (χ1n) is 4.51. The van der Waals surface area contributed by atoms with Gasteiger partial charge in [-0.15, -0.1) is 0 Å². The molecule has 15 heavy (non-hydrogen) atoms. The van der Waals surface area contributed by atoms with Gasteiger partial charge in [-0.2, -0.15) is 0 Å². The Bertz CT molecular complexity index is 423. The number of nitrogens with zero attached hydrogens (tertiary/aromatic N) is 2. The molecule has 0 aliphatic heterocycles. The maximum atomic E-state index is 10.8. The Morgan fingerprint density at radius 2 is 2.13 bits per heavy atom. The number of halogens is 2. The summed E-state index contributed by atoms with van der Waals surface area (Å²) in [6.07, 6.45) is 1.56. The van der Waals surface area contributed by atoms with Crippen LogP contribution in [0.2, 0.25) is 10.4 Å². The molecule has 0 bridgehead atoms. The van der Waals surface area contributed by atoms with Crippen LogP contribution in [0.25, 0.3) is 0 Å². The summed E-state index contributed by atoms with van der Waals surface area (Å²) in [5.41, 5.74) is 1.50. The lowest BCUT2D eigenvalue weighted by molar-refractivity contribution is -0.142. The van der Waals surface area contributed by atoms with Crippen molar-refractivity contribution in [2.75, 3.05) is 0 Å². The van der Waals surface area contributed by atoms with Gasteiger partial charge in [0.05, 0.1) is 11.6 Å². The van der Waals surface area contributed by atoms with Crippen LogP contribution in [0.5, 0.6) is 0 Å². The standard InChI is InChI=1S/C9H8Cl2N2O2/c10-7-5-3-4(8(14)15)1-2-6(5)12-9(11)13-7/h4H,1-3H2,(H,14,15)/t4-/m0/s1. The molecule has 0 radical (unpaired) electrons. The summed E-state index contributed by atoms with van der Waals surface area (Å²) >= 11 is 11.5. The first kappa shape index (κ1) is 10.6. The van der Waals surface area contributed by atoms with Crippen LogP contribution < -0.4 is 0 Å². The fraction of sp³-hybridized carbons (Fsp3) is 0.444. The van der Waals surface area contributed by atoms with Crippen LogP contribution in [0.15, 0.2) is 0 Å². The van der Waals surface area contributed by atoms with E-state index in [1.807, 2.05) is 0 Å². The maximum Gasteiger partial charge on any atom is 0.306 e. The highest BCUT2D eigenvalue weighted by Crippen LogP contribution is 2.29. The van der Waals surface area contributed by atoms with Crippen molar-refractivity contribution in [1.82, 2.24) is 9.97 Å². The molecule has 0 saturated carbocycles. The van der Waals surface area contributed by atoms with E-state index in [0.717, 1.165) is 11.3 Å². The highest BCUT2D eigenvalue weighted by molar-refractivity contribution is 6.32. The molecule has 0 spiro atoms. The lowest BCUT2D eigenvalue weighted by Crippen LogP contribution is -2.23. The summed E-state index contributed by atoms with van der Waals surface area (Å²) in [4.78, 5) is 18.7. The highest BCUT2D eigenvalue weighted by Gasteiger charge is 2.27. The van der Waals surface area contributed by atoms with Crippen molar-refractivity contribution in [2.24, 2.45) is 5.92 Å². The zero-order valence-corrected chi connectivity index (χ0v) is 9.22. The highest BCUT2D eigenvalue weighted by atomic mass is 35.5. The number of carboxylic acid groups (broad SMARTS) is 1. The van der Waals surface area contributed by atoms with E-state index in [-0.39, 0.29) is 16.4 Å². The van der Waals surface area contributed by atoms with E-state index >= 15 is 0 Å². The van der Waals surface area contributed by atoms with E-state index in [1.54, 1.807) is 0 Å². The summed E-state index contributed by atoms with van der Waals surface area (Å²) in [6.45, 7) is 0. The van der Waals surface area contributed by atoms with E-state index in [4.69, 9.17) is 28.3 Å². The molecule has 1 atom stereocenters. The molecule has 2 rings (SSSR count). The van der Waals surface area contributed by atoms with Gasteiger partial charge in [0.25, 0.3) is 0 Å². The predicted molar refractivity (Wildman–Crippen MR) is 55.2 cm³/mol. The lowest BCUT2D eigenvalue weighted by Gasteiger charge is -2.20. The SMILES string of the molecule is O=C(O)[C@H]1CCc2nc(Cl)nc(Cl)c2C1. The Kier molecular flexibility index (Phi) is 2.80. The van der Waals surface area contributed by atoms with Gasteiger partial charge in [-0.1, -0.05) is 11.6 Å². The van der Waals surface area contributed by atoms with Crippen LogP contribution in [-0.4, -0.2) is 21.0 Å². The van der Waals surface area contributed by atoms with Crippen molar-refractivity contribution in [1.29, 1.82) is 0 Å². The second kappa shape index (κ2) is 3.94. The second-order valence-corrected chi connectivity index (χ2v) is 4.18. The van der Waals surface area contributed by atoms with Gasteiger partial charge in [0.2, 0.25) is 5.28 Å². The van der Waals surface area contributed by atoms with Gasteiger partial charge < -0.3 is 5.11 Å². The minimum Gasteiger partial charge on any atom is -0.481 e. The Balaban J connectivity index is 2.37. The summed E-state index contributed by atoms with van der Waals surface area (Å²) in [5.74, 6) is -1.19. The molecule has 0 amide bonds. The molecule has 4 nitrogen and oxygen atoms in total. The predicted octanol–water partition coefficient (Wildman–Crippen LogP) is 1.97. The van der Waals surface area contributed by atoms with E-state index in [1.165, 1.54) is 0 Å². The van der Waals surface area contributed by atoms with Crippen molar-refractivity contribution in [2.45, 2.75) is 19.3 Å². The molecule has 1 aromatic heterocycles. The number of carboxylic acids is 1. The van der Waals surface area contributed by atoms with Gasteiger partial charge in [-0.25, -0.2) is 9.97 Å². The van der Waals surface area contributed by atoms with Crippen molar-refractivity contribution in [3.05, 3.63) is 21.7 Å². The number of carbonyl (C=O) groups is 1. The monoisotopic (exact) mass is 246 g/mol. The molecule has 1 N–H and O–H groups in total. The fourth-order valence-corrected chi connectivity index (χ4v) is 2.25. The van der Waals surface area contributed by atoms with Crippen LogP contribution in [0.4, 0.5) is 0 Å². The van der Waals surface area contributed by atoms with Gasteiger partial charge in [0.1, 0.15) is 5.15 Å². The Morgan fingerprint density at radius 3 is 2.80 bits per heavy atom. The number of aliphatic carboxylic acids is 1. The number of aromatic nitrogens is 2. The van der Waals surface area contributed by atoms with E-state index in [2.05, 4.69) is 9.97 Å². The van der Waals surface area contributed by atoms with Crippen LogP contribution in [0.1, 0.15) is 17.7 Å². The number of hydrogen-bond donors (Lipinski definition) is 1. The largest absolute Gasteiger partial charge is 0.481 e. The summed E-state index contributed by atoms with van der Waals surface area (Å²) in [6, 6.07) is 0. The Hall–Kier alpha value is -0.870. The zero-order valence-electron chi connectivity index (χ0n) is 7.70. The second-order valence-electron chi connectivity index (χ2n) is 3.49.